The topological polar surface area (TPSA) is 88.7 Å². The minimum Gasteiger partial charge on any atom is -0.482 e. The molecule has 0 spiro atoms. The maximum atomic E-state index is 12.2. The van der Waals surface area contributed by atoms with E-state index in [-0.39, 0.29) is 36.7 Å². The van der Waals surface area contributed by atoms with Crippen molar-refractivity contribution >= 4 is 17.6 Å². The van der Waals surface area contributed by atoms with Crippen LogP contribution in [0.15, 0.2) is 18.2 Å². The first-order chi connectivity index (χ1) is 11.5. The van der Waals surface area contributed by atoms with Crippen LogP contribution in [0.5, 0.6) is 5.75 Å². The number of carbonyl (C=O) groups excluding carboxylic acids is 2. The van der Waals surface area contributed by atoms with Gasteiger partial charge in [0.05, 0.1) is 23.9 Å². The van der Waals surface area contributed by atoms with Gasteiger partial charge in [0.2, 0.25) is 0 Å². The summed E-state index contributed by atoms with van der Waals surface area (Å²) >= 11 is 0. The lowest BCUT2D eigenvalue weighted by atomic mass is 10.1. The third-order valence-corrected chi connectivity index (χ3v) is 4.37. The van der Waals surface area contributed by atoms with Crippen LogP contribution in [0.2, 0.25) is 0 Å². The maximum absolute atomic E-state index is 12.2. The number of urea groups is 1. The number of hydrogen-bond donors (Lipinski definition) is 3. The second kappa shape index (κ2) is 7.09. The number of benzene rings is 1. The zero-order valence-electron chi connectivity index (χ0n) is 13.9. The first kappa shape index (κ1) is 16.6. The second-order valence-corrected chi connectivity index (χ2v) is 6.27. The number of rotatable bonds is 4. The molecule has 2 aliphatic rings. The fraction of sp³-hybridized carbons (Fsp3) is 0.529. The van der Waals surface area contributed by atoms with E-state index < -0.39 is 0 Å². The summed E-state index contributed by atoms with van der Waals surface area (Å²) in [7, 11) is 0. The van der Waals surface area contributed by atoms with Crippen LogP contribution in [0.1, 0.15) is 38.3 Å². The summed E-state index contributed by atoms with van der Waals surface area (Å²) in [6.07, 6.45) is 2.10. The average Bonchev–Trinajstić information content (AvgIpc) is 3.08. The lowest BCUT2D eigenvalue weighted by Gasteiger charge is -2.23. The summed E-state index contributed by atoms with van der Waals surface area (Å²) < 4.78 is 10.9. The molecule has 1 aromatic rings. The van der Waals surface area contributed by atoms with Crippen molar-refractivity contribution in [3.8, 4) is 5.75 Å². The highest BCUT2D eigenvalue weighted by Gasteiger charge is 2.24. The van der Waals surface area contributed by atoms with Gasteiger partial charge in [0, 0.05) is 6.61 Å². The van der Waals surface area contributed by atoms with Crippen LogP contribution < -0.4 is 20.7 Å². The zero-order chi connectivity index (χ0) is 17.1. The average molecular weight is 333 g/mol. The number of anilines is 1. The molecular weight excluding hydrogens is 310 g/mol. The molecule has 0 unspecified atom stereocenters. The Morgan fingerprint density at radius 1 is 1.33 bits per heavy atom. The van der Waals surface area contributed by atoms with Crippen molar-refractivity contribution < 1.29 is 19.1 Å². The molecule has 3 N–H and O–H groups in total. The van der Waals surface area contributed by atoms with Gasteiger partial charge in [0.1, 0.15) is 5.75 Å². The molecule has 7 heteroatoms. The molecule has 2 aliphatic heterocycles. The van der Waals surface area contributed by atoms with Crippen molar-refractivity contribution in [3.05, 3.63) is 23.8 Å². The Bertz CT molecular complexity index is 628. The highest BCUT2D eigenvalue weighted by Crippen LogP contribution is 2.30. The van der Waals surface area contributed by atoms with E-state index in [2.05, 4.69) is 16.0 Å². The maximum Gasteiger partial charge on any atom is 0.315 e. The molecule has 0 saturated carbocycles. The van der Waals surface area contributed by atoms with E-state index in [9.17, 15) is 9.59 Å². The third kappa shape index (κ3) is 3.79. The summed E-state index contributed by atoms with van der Waals surface area (Å²) in [5.41, 5.74) is 1.52. The molecule has 0 aliphatic carbocycles. The predicted octanol–water partition coefficient (Wildman–Crippen LogP) is 1.95. The Morgan fingerprint density at radius 3 is 2.92 bits per heavy atom. The van der Waals surface area contributed by atoms with Crippen LogP contribution in [0.25, 0.3) is 0 Å². The number of amides is 3. The molecule has 0 aromatic heterocycles. The fourth-order valence-electron chi connectivity index (χ4n) is 2.99. The molecule has 0 radical (unpaired) electrons. The summed E-state index contributed by atoms with van der Waals surface area (Å²) in [4.78, 5) is 23.6. The highest BCUT2D eigenvalue weighted by molar-refractivity contribution is 5.95. The van der Waals surface area contributed by atoms with Gasteiger partial charge in [-0.15, -0.1) is 0 Å². The van der Waals surface area contributed by atoms with Gasteiger partial charge in [-0.2, -0.15) is 0 Å². The van der Waals surface area contributed by atoms with Crippen LogP contribution in [-0.4, -0.2) is 37.3 Å². The van der Waals surface area contributed by atoms with Crippen molar-refractivity contribution in [3.63, 3.8) is 0 Å². The van der Waals surface area contributed by atoms with Crippen LogP contribution in [0, 0.1) is 0 Å². The molecule has 3 amide bonds. The van der Waals surface area contributed by atoms with Gasteiger partial charge in [-0.25, -0.2) is 4.79 Å². The molecule has 1 saturated heterocycles. The Morgan fingerprint density at radius 2 is 2.17 bits per heavy atom. The first-order valence-corrected chi connectivity index (χ1v) is 8.28. The molecule has 1 fully saturated rings. The highest BCUT2D eigenvalue weighted by atomic mass is 16.5. The number of nitrogens with one attached hydrogen (secondary N) is 3. The number of fused-ring (bicyclic) bond motifs is 1. The van der Waals surface area contributed by atoms with Gasteiger partial charge in [-0.05, 0) is 44.4 Å². The van der Waals surface area contributed by atoms with E-state index in [1.807, 2.05) is 26.0 Å². The van der Waals surface area contributed by atoms with E-state index in [1.54, 1.807) is 6.07 Å². The lowest BCUT2D eigenvalue weighted by molar-refractivity contribution is -0.118. The Balaban J connectivity index is 1.58. The smallest absolute Gasteiger partial charge is 0.315 e. The van der Waals surface area contributed by atoms with Crippen molar-refractivity contribution in [2.75, 3.05) is 18.5 Å². The van der Waals surface area contributed by atoms with Crippen LogP contribution >= 0.6 is 0 Å². The van der Waals surface area contributed by atoms with Crippen LogP contribution in [-0.2, 0) is 9.53 Å². The molecular formula is C17H23N3O4. The summed E-state index contributed by atoms with van der Waals surface area (Å²) in [6.45, 7) is 4.64. The second-order valence-electron chi connectivity index (χ2n) is 6.27. The van der Waals surface area contributed by atoms with Crippen molar-refractivity contribution in [1.82, 2.24) is 10.6 Å². The Kier molecular flexibility index (Phi) is 4.89. The molecule has 0 bridgehead atoms. The lowest BCUT2D eigenvalue weighted by Crippen LogP contribution is -2.46. The molecule has 3 rings (SSSR count). The number of ether oxygens (including phenoxy) is 2. The van der Waals surface area contributed by atoms with Gasteiger partial charge in [-0.1, -0.05) is 6.07 Å². The number of hydrogen-bond acceptors (Lipinski definition) is 4. The van der Waals surface area contributed by atoms with E-state index in [0.717, 1.165) is 25.0 Å². The van der Waals surface area contributed by atoms with Gasteiger partial charge >= 0.3 is 6.03 Å². The van der Waals surface area contributed by atoms with Crippen molar-refractivity contribution in [2.45, 2.75) is 44.9 Å². The van der Waals surface area contributed by atoms with E-state index in [1.165, 1.54) is 0 Å². The van der Waals surface area contributed by atoms with Gasteiger partial charge in [-0.3, -0.25) is 4.79 Å². The standard InChI is InChI=1S/C17H23N3O4/c1-10(18-17(22)19-11(2)14-4-3-7-23-14)12-5-6-15-13(8-12)20-16(21)9-24-15/h5-6,8,10-11,14H,3-4,7,9H2,1-2H3,(H,20,21)(H2,18,19,22)/t10-,11+,14+/m0/s1. The van der Waals surface area contributed by atoms with Gasteiger partial charge < -0.3 is 25.4 Å². The summed E-state index contributed by atoms with van der Waals surface area (Å²) in [6, 6.07) is 5.03. The molecule has 2 heterocycles. The Labute approximate surface area is 141 Å². The van der Waals surface area contributed by atoms with E-state index in [4.69, 9.17) is 9.47 Å². The molecule has 7 nitrogen and oxygen atoms in total. The molecule has 130 valence electrons. The largest absolute Gasteiger partial charge is 0.482 e. The van der Waals surface area contributed by atoms with Crippen molar-refractivity contribution in [2.24, 2.45) is 0 Å². The minimum absolute atomic E-state index is 0.0314. The van der Waals surface area contributed by atoms with E-state index in [0.29, 0.717) is 11.4 Å². The predicted molar refractivity (Wildman–Crippen MR) is 89.1 cm³/mol. The third-order valence-electron chi connectivity index (χ3n) is 4.37. The summed E-state index contributed by atoms with van der Waals surface area (Å²) in [5, 5.41) is 8.60. The van der Waals surface area contributed by atoms with Crippen LogP contribution in [0.3, 0.4) is 0 Å². The zero-order valence-corrected chi connectivity index (χ0v) is 13.9. The minimum atomic E-state index is -0.233. The SMILES string of the molecule is C[C@H](NC(=O)N[C@H](C)[C@H]1CCCO1)c1ccc2c(c1)NC(=O)CO2. The van der Waals surface area contributed by atoms with Crippen LogP contribution in [0.4, 0.5) is 10.5 Å². The summed E-state index contributed by atoms with van der Waals surface area (Å²) in [5.74, 6) is 0.463. The monoisotopic (exact) mass is 333 g/mol. The molecule has 1 aromatic carbocycles. The Hall–Kier alpha value is -2.28. The quantitative estimate of drug-likeness (QED) is 0.786. The van der Waals surface area contributed by atoms with Gasteiger partial charge in [0.25, 0.3) is 5.91 Å². The normalized spacial score (nSPS) is 21.9. The van der Waals surface area contributed by atoms with E-state index >= 15 is 0 Å². The van der Waals surface area contributed by atoms with Crippen molar-refractivity contribution in [1.29, 1.82) is 0 Å². The first-order valence-electron chi connectivity index (χ1n) is 8.28. The molecule has 3 atom stereocenters. The molecule has 24 heavy (non-hydrogen) atoms. The van der Waals surface area contributed by atoms with Gasteiger partial charge in [0.15, 0.2) is 6.61 Å². The number of carbonyl (C=O) groups is 2. The fourth-order valence-corrected chi connectivity index (χ4v) is 2.99.